The highest BCUT2D eigenvalue weighted by molar-refractivity contribution is 5.82. The molecule has 28 heavy (non-hydrogen) atoms. The molecule has 0 radical (unpaired) electrons. The van der Waals surface area contributed by atoms with E-state index >= 15 is 0 Å². The van der Waals surface area contributed by atoms with Crippen LogP contribution in [0.1, 0.15) is 18.1 Å². The molecule has 0 aliphatic carbocycles. The van der Waals surface area contributed by atoms with Crippen molar-refractivity contribution in [2.24, 2.45) is 0 Å². The van der Waals surface area contributed by atoms with Crippen molar-refractivity contribution in [1.82, 2.24) is 0 Å². The van der Waals surface area contributed by atoms with Crippen LogP contribution in [0.2, 0.25) is 0 Å². The SMILES string of the molecule is CCc1cc2c(C[NH+]3CCN(c4ccccc4O)CC3)cc(=O)oc2cc1O. The molecule has 6 nitrogen and oxygen atoms in total. The van der Waals surface area contributed by atoms with E-state index in [1.165, 1.54) is 4.90 Å². The second-order valence-corrected chi connectivity index (χ2v) is 7.32. The largest absolute Gasteiger partial charge is 0.508 e. The van der Waals surface area contributed by atoms with E-state index in [4.69, 9.17) is 4.42 Å². The van der Waals surface area contributed by atoms with Gasteiger partial charge in [0.25, 0.3) is 0 Å². The monoisotopic (exact) mass is 381 g/mol. The van der Waals surface area contributed by atoms with E-state index in [2.05, 4.69) is 4.90 Å². The molecule has 2 aromatic carbocycles. The molecule has 4 rings (SSSR count). The molecule has 0 unspecified atom stereocenters. The lowest BCUT2D eigenvalue weighted by atomic mass is 10.0. The number of benzene rings is 2. The molecular formula is C22H25N2O4+. The van der Waals surface area contributed by atoms with Gasteiger partial charge < -0.3 is 24.4 Å². The van der Waals surface area contributed by atoms with Crippen LogP contribution < -0.4 is 15.4 Å². The van der Waals surface area contributed by atoms with Gasteiger partial charge >= 0.3 is 5.63 Å². The minimum atomic E-state index is -0.390. The molecule has 2 heterocycles. The molecule has 0 saturated carbocycles. The minimum Gasteiger partial charge on any atom is -0.508 e. The summed E-state index contributed by atoms with van der Waals surface area (Å²) in [6.07, 6.45) is 0.715. The highest BCUT2D eigenvalue weighted by atomic mass is 16.4. The van der Waals surface area contributed by atoms with Crippen LogP contribution in [-0.2, 0) is 13.0 Å². The van der Waals surface area contributed by atoms with Crippen LogP contribution in [-0.4, -0.2) is 36.4 Å². The van der Waals surface area contributed by atoms with Crippen LogP contribution in [0.4, 0.5) is 5.69 Å². The van der Waals surface area contributed by atoms with Gasteiger partial charge in [-0.25, -0.2) is 4.79 Å². The number of hydrogen-bond donors (Lipinski definition) is 3. The summed E-state index contributed by atoms with van der Waals surface area (Å²) in [5, 5.41) is 21.0. The standard InChI is InChI=1S/C22H24N2O4/c1-2-15-11-17-16(12-22(27)28-21(17)13-20(15)26)14-23-7-9-24(10-8-23)18-5-3-4-6-19(18)25/h3-6,11-13,25-26H,2,7-10,14H2,1H3/p+1. The van der Waals surface area contributed by atoms with Crippen molar-refractivity contribution in [1.29, 1.82) is 0 Å². The first kappa shape index (κ1) is 18.4. The summed E-state index contributed by atoms with van der Waals surface area (Å²) in [6.45, 7) is 6.22. The second-order valence-electron chi connectivity index (χ2n) is 7.32. The van der Waals surface area contributed by atoms with E-state index in [9.17, 15) is 15.0 Å². The average Bonchev–Trinajstić information content (AvgIpc) is 2.68. The van der Waals surface area contributed by atoms with Gasteiger partial charge in [-0.2, -0.15) is 0 Å². The quantitative estimate of drug-likeness (QED) is 0.600. The fourth-order valence-corrected chi connectivity index (χ4v) is 3.98. The molecule has 1 aliphatic heterocycles. The molecule has 6 heteroatoms. The van der Waals surface area contributed by atoms with Gasteiger partial charge in [0, 0.05) is 23.1 Å². The van der Waals surface area contributed by atoms with E-state index in [1.807, 2.05) is 31.2 Å². The fourth-order valence-electron chi connectivity index (χ4n) is 3.98. The Morgan fingerprint density at radius 2 is 1.79 bits per heavy atom. The lowest BCUT2D eigenvalue weighted by Crippen LogP contribution is -3.13. The summed E-state index contributed by atoms with van der Waals surface area (Å²) in [5.74, 6) is 0.475. The number of anilines is 1. The zero-order valence-electron chi connectivity index (χ0n) is 15.9. The maximum atomic E-state index is 12.0. The summed E-state index contributed by atoms with van der Waals surface area (Å²) < 4.78 is 5.30. The molecule has 0 spiro atoms. The van der Waals surface area contributed by atoms with Crippen molar-refractivity contribution in [3.05, 3.63) is 64.0 Å². The van der Waals surface area contributed by atoms with Gasteiger partial charge in [-0.3, -0.25) is 0 Å². The highest BCUT2D eigenvalue weighted by Gasteiger charge is 2.23. The van der Waals surface area contributed by atoms with Gasteiger partial charge in [-0.1, -0.05) is 19.1 Å². The first-order chi connectivity index (χ1) is 13.5. The Morgan fingerprint density at radius 1 is 1.04 bits per heavy atom. The Hall–Kier alpha value is -2.99. The number of rotatable bonds is 4. The molecule has 1 saturated heterocycles. The predicted molar refractivity (Wildman–Crippen MR) is 108 cm³/mol. The lowest BCUT2D eigenvalue weighted by molar-refractivity contribution is -0.914. The molecule has 1 aromatic heterocycles. The van der Waals surface area contributed by atoms with Crippen LogP contribution in [0.5, 0.6) is 11.5 Å². The maximum Gasteiger partial charge on any atom is 0.336 e. The normalized spacial score (nSPS) is 15.2. The topological polar surface area (TPSA) is 78.4 Å². The predicted octanol–water partition coefficient (Wildman–Crippen LogP) is 1.67. The van der Waals surface area contributed by atoms with Crippen molar-refractivity contribution in [2.45, 2.75) is 19.9 Å². The zero-order chi connectivity index (χ0) is 19.7. The van der Waals surface area contributed by atoms with Gasteiger partial charge in [0.05, 0.1) is 31.9 Å². The van der Waals surface area contributed by atoms with E-state index in [1.54, 1.807) is 18.2 Å². The number of nitrogens with zero attached hydrogens (tertiary/aromatic N) is 1. The third-order valence-electron chi connectivity index (χ3n) is 5.54. The zero-order valence-corrected chi connectivity index (χ0v) is 15.9. The first-order valence-corrected chi connectivity index (χ1v) is 9.70. The van der Waals surface area contributed by atoms with Crippen molar-refractivity contribution in [3.63, 3.8) is 0 Å². The maximum absolute atomic E-state index is 12.0. The molecule has 0 atom stereocenters. The van der Waals surface area contributed by atoms with Crippen molar-refractivity contribution < 1.29 is 19.5 Å². The van der Waals surface area contributed by atoms with Crippen LogP contribution in [0.25, 0.3) is 11.0 Å². The van der Waals surface area contributed by atoms with Crippen molar-refractivity contribution in [2.75, 3.05) is 31.1 Å². The van der Waals surface area contributed by atoms with Crippen LogP contribution >= 0.6 is 0 Å². The highest BCUT2D eigenvalue weighted by Crippen LogP contribution is 2.27. The van der Waals surface area contributed by atoms with Gasteiger partial charge in [0.1, 0.15) is 23.6 Å². The number of fused-ring (bicyclic) bond motifs is 1. The smallest absolute Gasteiger partial charge is 0.336 e. The molecule has 0 amide bonds. The Kier molecular flexibility index (Phi) is 4.96. The Labute approximate surface area is 163 Å². The third kappa shape index (κ3) is 3.55. The number of aryl methyl sites for hydroxylation is 1. The molecule has 0 bridgehead atoms. The summed E-state index contributed by atoms with van der Waals surface area (Å²) in [5.41, 5.74) is 2.71. The van der Waals surface area contributed by atoms with E-state index in [0.29, 0.717) is 17.8 Å². The van der Waals surface area contributed by atoms with Crippen LogP contribution in [0, 0.1) is 0 Å². The fraction of sp³-hybridized carbons (Fsp3) is 0.318. The lowest BCUT2D eigenvalue weighted by Gasteiger charge is -2.34. The number of phenols is 2. The summed E-state index contributed by atoms with van der Waals surface area (Å²) in [7, 11) is 0. The molecule has 3 aromatic rings. The van der Waals surface area contributed by atoms with Gasteiger partial charge in [0.2, 0.25) is 0 Å². The van der Waals surface area contributed by atoms with Gasteiger partial charge in [-0.15, -0.1) is 0 Å². The van der Waals surface area contributed by atoms with E-state index in [0.717, 1.165) is 54.9 Å². The van der Waals surface area contributed by atoms with Gasteiger partial charge in [-0.05, 0) is 30.2 Å². The number of hydrogen-bond acceptors (Lipinski definition) is 5. The Balaban J connectivity index is 1.54. The van der Waals surface area contributed by atoms with E-state index < -0.39 is 5.63 Å². The summed E-state index contributed by atoms with van der Waals surface area (Å²) >= 11 is 0. The average molecular weight is 381 g/mol. The molecule has 146 valence electrons. The van der Waals surface area contributed by atoms with Crippen molar-refractivity contribution >= 4 is 16.7 Å². The third-order valence-corrected chi connectivity index (χ3v) is 5.54. The van der Waals surface area contributed by atoms with Crippen LogP contribution in [0.15, 0.2) is 51.7 Å². The second kappa shape index (κ2) is 7.56. The van der Waals surface area contributed by atoms with E-state index in [-0.39, 0.29) is 5.75 Å². The summed E-state index contributed by atoms with van der Waals surface area (Å²) in [6, 6.07) is 12.5. The summed E-state index contributed by atoms with van der Waals surface area (Å²) in [4.78, 5) is 15.6. The minimum absolute atomic E-state index is 0.166. The van der Waals surface area contributed by atoms with Crippen molar-refractivity contribution in [3.8, 4) is 11.5 Å². The Bertz CT molecular complexity index is 1050. The molecule has 1 aliphatic rings. The molecular weight excluding hydrogens is 356 g/mol. The first-order valence-electron chi connectivity index (χ1n) is 9.70. The Morgan fingerprint density at radius 3 is 2.50 bits per heavy atom. The number of nitrogens with one attached hydrogen (secondary N) is 1. The molecule has 1 fully saturated rings. The molecule has 3 N–H and O–H groups in total. The number of aromatic hydroxyl groups is 2. The van der Waals surface area contributed by atoms with Crippen LogP contribution in [0.3, 0.4) is 0 Å². The number of piperazine rings is 1. The number of phenolic OH excluding ortho intramolecular Hbond substituents is 2. The number of para-hydroxylation sites is 2. The van der Waals surface area contributed by atoms with Gasteiger partial charge in [0.15, 0.2) is 0 Å². The number of quaternary nitrogens is 1.